The summed E-state index contributed by atoms with van der Waals surface area (Å²) in [4.78, 5) is 20.9. The van der Waals surface area contributed by atoms with Gasteiger partial charge in [0, 0.05) is 38.1 Å². The van der Waals surface area contributed by atoms with E-state index in [1.54, 1.807) is 27.9 Å². The average Bonchev–Trinajstić information content (AvgIpc) is 2.95. The van der Waals surface area contributed by atoms with Crippen LogP contribution in [-0.4, -0.2) is 51.4 Å². The van der Waals surface area contributed by atoms with Gasteiger partial charge in [-0.1, -0.05) is 12.1 Å². The molecule has 0 aliphatic carbocycles. The fourth-order valence-electron chi connectivity index (χ4n) is 3.76. The topological polar surface area (TPSA) is 66.3 Å². The van der Waals surface area contributed by atoms with Gasteiger partial charge in [-0.2, -0.15) is 5.10 Å². The Bertz CT molecular complexity index is 1030. The van der Waals surface area contributed by atoms with Crippen LogP contribution in [0.2, 0.25) is 0 Å². The summed E-state index contributed by atoms with van der Waals surface area (Å²) in [6, 6.07) is 8.40. The minimum Gasteiger partial charge on any atom is -0.365 e. The lowest BCUT2D eigenvalue weighted by Gasteiger charge is -2.40. The highest BCUT2D eigenvalue weighted by Gasteiger charge is 2.28. The minimum atomic E-state index is -0.237. The summed E-state index contributed by atoms with van der Waals surface area (Å²) in [5, 5.41) is 8.20. The van der Waals surface area contributed by atoms with Gasteiger partial charge in [0.2, 0.25) is 0 Å². The summed E-state index contributed by atoms with van der Waals surface area (Å²) in [7, 11) is 1.84. The van der Waals surface area contributed by atoms with Crippen molar-refractivity contribution < 1.29 is 9.18 Å². The Morgan fingerprint density at radius 1 is 1.29 bits per heavy atom. The zero-order valence-electron chi connectivity index (χ0n) is 16.2. The molecule has 146 valence electrons. The summed E-state index contributed by atoms with van der Waals surface area (Å²) >= 11 is 0. The fraction of sp³-hybridized carbons (Fsp3) is 0.350. The van der Waals surface area contributed by atoms with E-state index < -0.39 is 0 Å². The van der Waals surface area contributed by atoms with Crippen molar-refractivity contribution in [2.75, 3.05) is 29.9 Å². The van der Waals surface area contributed by atoms with Crippen LogP contribution in [0.25, 0.3) is 11.0 Å². The van der Waals surface area contributed by atoms with Crippen molar-refractivity contribution in [2.24, 2.45) is 7.05 Å². The van der Waals surface area contributed by atoms with Crippen LogP contribution in [-0.2, 0) is 7.05 Å². The lowest BCUT2D eigenvalue weighted by atomic mass is 10.1. The number of fused-ring (bicyclic) bond motifs is 1. The number of halogens is 1. The highest BCUT2D eigenvalue weighted by Crippen LogP contribution is 2.23. The predicted molar refractivity (Wildman–Crippen MR) is 107 cm³/mol. The highest BCUT2D eigenvalue weighted by atomic mass is 19.1. The molecule has 0 saturated carbocycles. The second kappa shape index (κ2) is 7.10. The molecule has 1 saturated heterocycles. The number of carbonyl (C=O) groups excluding carboxylic acids is 1. The molecule has 1 aromatic carbocycles. The van der Waals surface area contributed by atoms with Gasteiger partial charge in [-0.25, -0.2) is 14.2 Å². The van der Waals surface area contributed by atoms with Gasteiger partial charge < -0.3 is 15.1 Å². The van der Waals surface area contributed by atoms with Crippen molar-refractivity contribution in [1.82, 2.24) is 19.7 Å². The molecule has 2 amide bonds. The first-order valence-corrected chi connectivity index (χ1v) is 9.30. The first kappa shape index (κ1) is 18.2. The van der Waals surface area contributed by atoms with Gasteiger partial charge in [0.1, 0.15) is 5.82 Å². The number of hydrogen-bond donors (Lipinski definition) is 1. The van der Waals surface area contributed by atoms with Crippen LogP contribution in [0.3, 0.4) is 0 Å². The van der Waals surface area contributed by atoms with Crippen molar-refractivity contribution in [1.29, 1.82) is 0 Å². The van der Waals surface area contributed by atoms with Crippen LogP contribution in [0.5, 0.6) is 0 Å². The van der Waals surface area contributed by atoms with Crippen LogP contribution in [0.4, 0.5) is 20.6 Å². The molecule has 8 heteroatoms. The van der Waals surface area contributed by atoms with Crippen molar-refractivity contribution in [3.63, 3.8) is 0 Å². The van der Waals surface area contributed by atoms with Crippen molar-refractivity contribution in [2.45, 2.75) is 19.9 Å². The summed E-state index contributed by atoms with van der Waals surface area (Å²) in [5.41, 5.74) is 2.86. The first-order chi connectivity index (χ1) is 13.4. The van der Waals surface area contributed by atoms with Crippen LogP contribution in [0, 0.1) is 12.7 Å². The van der Waals surface area contributed by atoms with Crippen LogP contribution in [0.15, 0.2) is 36.5 Å². The molecule has 3 heterocycles. The molecule has 2 aromatic heterocycles. The average molecular weight is 382 g/mol. The third-order valence-electron chi connectivity index (χ3n) is 5.20. The molecule has 0 unspecified atom stereocenters. The number of pyridine rings is 1. The number of amides is 2. The van der Waals surface area contributed by atoms with Crippen LogP contribution >= 0.6 is 0 Å². The molecule has 0 bridgehead atoms. The third kappa shape index (κ3) is 3.26. The van der Waals surface area contributed by atoms with Crippen molar-refractivity contribution >= 4 is 28.4 Å². The minimum absolute atomic E-state index is 0.0508. The number of piperazine rings is 1. The number of hydrogen-bond acceptors (Lipinski definition) is 4. The molecule has 3 aromatic rings. The molecule has 4 rings (SSSR count). The van der Waals surface area contributed by atoms with Gasteiger partial charge in [0.15, 0.2) is 5.65 Å². The predicted octanol–water partition coefficient (Wildman–Crippen LogP) is 3.16. The van der Waals surface area contributed by atoms with E-state index in [1.165, 1.54) is 6.07 Å². The molecule has 0 radical (unpaired) electrons. The maximum atomic E-state index is 14.1. The van der Waals surface area contributed by atoms with Crippen LogP contribution in [0.1, 0.15) is 12.6 Å². The fourth-order valence-corrected chi connectivity index (χ4v) is 3.76. The molecule has 1 atom stereocenters. The number of benzene rings is 1. The summed E-state index contributed by atoms with van der Waals surface area (Å²) in [5.74, 6) is -0.237. The van der Waals surface area contributed by atoms with E-state index in [9.17, 15) is 9.18 Å². The van der Waals surface area contributed by atoms with Gasteiger partial charge in [-0.05, 0) is 32.0 Å². The van der Waals surface area contributed by atoms with Crippen molar-refractivity contribution in [3.8, 4) is 0 Å². The standard InChI is InChI=1S/C20H23FN6O/c1-13-12-26(18-7-5-4-6-17(18)21)8-9-27(13)20(28)23-15-10-16-14(2)24-25(3)19(16)22-11-15/h4-7,10-11,13H,8-9,12H2,1-3H3,(H,23,28)/t13-/m0/s1. The Labute approximate surface area is 162 Å². The molecule has 1 N–H and O–H groups in total. The highest BCUT2D eigenvalue weighted by molar-refractivity contribution is 5.92. The number of anilines is 2. The number of nitrogens with zero attached hydrogens (tertiary/aromatic N) is 5. The van der Waals surface area contributed by atoms with Gasteiger partial charge in [0.25, 0.3) is 0 Å². The molecule has 7 nitrogen and oxygen atoms in total. The Morgan fingerprint density at radius 3 is 2.82 bits per heavy atom. The van der Waals surface area contributed by atoms with E-state index in [1.807, 2.05) is 37.9 Å². The van der Waals surface area contributed by atoms with Crippen LogP contribution < -0.4 is 10.2 Å². The molecule has 0 spiro atoms. The smallest absolute Gasteiger partial charge is 0.322 e. The second-order valence-corrected chi connectivity index (χ2v) is 7.17. The monoisotopic (exact) mass is 382 g/mol. The Kier molecular flexibility index (Phi) is 4.62. The van der Waals surface area contributed by atoms with E-state index >= 15 is 0 Å². The quantitative estimate of drug-likeness (QED) is 0.739. The number of rotatable bonds is 2. The third-order valence-corrected chi connectivity index (χ3v) is 5.20. The summed E-state index contributed by atoms with van der Waals surface area (Å²) in [6.07, 6.45) is 1.64. The van der Waals surface area contributed by atoms with E-state index in [2.05, 4.69) is 15.4 Å². The number of carbonyl (C=O) groups is 1. The molecular weight excluding hydrogens is 359 g/mol. The maximum Gasteiger partial charge on any atom is 0.322 e. The van der Waals surface area contributed by atoms with Gasteiger partial charge >= 0.3 is 6.03 Å². The number of para-hydroxylation sites is 1. The summed E-state index contributed by atoms with van der Waals surface area (Å²) < 4.78 is 15.8. The van der Waals surface area contributed by atoms with Gasteiger partial charge in [0.05, 0.1) is 23.3 Å². The SMILES string of the molecule is Cc1nn(C)c2ncc(NC(=O)N3CCN(c4ccccc4F)C[C@@H]3C)cc12. The molecule has 1 fully saturated rings. The Hall–Kier alpha value is -3.16. The maximum absolute atomic E-state index is 14.1. The number of urea groups is 1. The van der Waals surface area contributed by atoms with E-state index in [0.717, 1.165) is 16.7 Å². The lowest BCUT2D eigenvalue weighted by Crippen LogP contribution is -2.55. The summed E-state index contributed by atoms with van der Waals surface area (Å²) in [6.45, 7) is 5.56. The normalized spacial score (nSPS) is 17.2. The zero-order chi connectivity index (χ0) is 19.8. The Balaban J connectivity index is 1.46. The number of aryl methyl sites for hydroxylation is 2. The lowest BCUT2D eigenvalue weighted by molar-refractivity contribution is 0.184. The van der Waals surface area contributed by atoms with Gasteiger partial charge in [-0.15, -0.1) is 0 Å². The number of nitrogens with one attached hydrogen (secondary N) is 1. The van der Waals surface area contributed by atoms with E-state index in [-0.39, 0.29) is 17.9 Å². The molecular formula is C20H23FN6O. The molecule has 1 aliphatic rings. The molecule has 28 heavy (non-hydrogen) atoms. The van der Waals surface area contributed by atoms with Gasteiger partial charge in [-0.3, -0.25) is 4.68 Å². The van der Waals surface area contributed by atoms with E-state index in [4.69, 9.17) is 0 Å². The number of aromatic nitrogens is 3. The van der Waals surface area contributed by atoms with Crippen molar-refractivity contribution in [3.05, 3.63) is 48.0 Å². The Morgan fingerprint density at radius 2 is 2.07 bits per heavy atom. The molecule has 1 aliphatic heterocycles. The van der Waals surface area contributed by atoms with E-state index in [0.29, 0.717) is 31.0 Å². The first-order valence-electron chi connectivity index (χ1n) is 9.30. The zero-order valence-corrected chi connectivity index (χ0v) is 16.2. The largest absolute Gasteiger partial charge is 0.365 e. The second-order valence-electron chi connectivity index (χ2n) is 7.17.